The van der Waals surface area contributed by atoms with Crippen LogP contribution in [0, 0.1) is 0 Å². The van der Waals surface area contributed by atoms with E-state index in [1.165, 1.54) is 0 Å². The van der Waals surface area contributed by atoms with E-state index in [0.29, 0.717) is 52.1 Å². The van der Waals surface area contributed by atoms with Crippen LogP contribution in [-0.4, -0.2) is 54.6 Å². The molecule has 8 nitrogen and oxygen atoms in total. The van der Waals surface area contributed by atoms with Crippen molar-refractivity contribution in [1.29, 1.82) is 0 Å². The highest BCUT2D eigenvalue weighted by Gasteiger charge is 2.24. The largest absolute Gasteiger partial charge is 0.493 e. The van der Waals surface area contributed by atoms with E-state index < -0.39 is 0 Å². The molecule has 1 aliphatic rings. The molecule has 0 fully saturated rings. The van der Waals surface area contributed by atoms with Gasteiger partial charge in [-0.2, -0.15) is 0 Å². The molecule has 0 aromatic heterocycles. The Hall–Kier alpha value is -4.72. The third-order valence-corrected chi connectivity index (χ3v) is 11.6. The smallest absolute Gasteiger partial charge is 0.126 e. The fraction of sp³-hybridized carbons (Fsp3) is 0.538. The van der Waals surface area contributed by atoms with Crippen LogP contribution < -0.4 is 40.2 Å². The van der Waals surface area contributed by atoms with Gasteiger partial charge in [0.15, 0.2) is 0 Å². The molecule has 4 aromatic rings. The molecule has 8 bridgehead atoms. The highest BCUT2D eigenvalue weighted by atomic mass is 16.5. The number of anilines is 4. The average Bonchev–Trinajstić information content (AvgIpc) is 3.25. The zero-order valence-corrected chi connectivity index (χ0v) is 38.4. The van der Waals surface area contributed by atoms with Gasteiger partial charge in [0.1, 0.15) is 23.0 Å². The lowest BCUT2D eigenvalue weighted by molar-refractivity contribution is 0.294. The molecule has 1 aliphatic carbocycles. The minimum atomic E-state index is 0.654. The van der Waals surface area contributed by atoms with Crippen LogP contribution in [0.3, 0.4) is 0 Å². The maximum Gasteiger partial charge on any atom is 0.126 e. The van der Waals surface area contributed by atoms with E-state index in [0.717, 1.165) is 167 Å². The van der Waals surface area contributed by atoms with Gasteiger partial charge in [-0.15, -0.1) is 0 Å². The third-order valence-electron chi connectivity index (χ3n) is 11.6. The Morgan fingerprint density at radius 2 is 0.500 bits per heavy atom. The van der Waals surface area contributed by atoms with E-state index in [1.807, 2.05) is 28.2 Å². The molecule has 0 saturated carbocycles. The number of hydrogen-bond donors (Lipinski definition) is 4. The predicted octanol–water partition coefficient (Wildman–Crippen LogP) is 12.8. The highest BCUT2D eigenvalue weighted by molar-refractivity contribution is 5.66. The number of ether oxygens (including phenoxy) is 4. The fourth-order valence-electron chi connectivity index (χ4n) is 8.31. The molecule has 60 heavy (non-hydrogen) atoms. The second-order valence-corrected chi connectivity index (χ2v) is 16.4. The van der Waals surface area contributed by atoms with Crippen LogP contribution in [0.1, 0.15) is 149 Å². The predicted molar refractivity (Wildman–Crippen MR) is 255 cm³/mol. The van der Waals surface area contributed by atoms with Crippen LogP contribution in [0.15, 0.2) is 48.5 Å². The maximum absolute atomic E-state index is 6.94. The normalized spacial score (nSPS) is 12.1. The Bertz CT molecular complexity index is 1570. The first-order chi connectivity index (χ1) is 29.4. The SMILES string of the molecule is CCCCCOc1c2cc(NC)cc1Cc1cc(NC)cc(c1OCCCCC)Cc1cc(NC)cc(c1OCCCCC)Cc1cc(NC)cc(c1OCCCCC)C2. The lowest BCUT2D eigenvalue weighted by Crippen LogP contribution is -2.12. The summed E-state index contributed by atoms with van der Waals surface area (Å²) in [5, 5.41) is 14.0. The van der Waals surface area contributed by atoms with Crippen LogP contribution in [0.2, 0.25) is 0 Å². The van der Waals surface area contributed by atoms with E-state index in [1.54, 1.807) is 0 Å². The Morgan fingerprint density at radius 1 is 0.317 bits per heavy atom. The van der Waals surface area contributed by atoms with E-state index in [-0.39, 0.29) is 0 Å². The third kappa shape index (κ3) is 12.7. The quantitative estimate of drug-likeness (QED) is 0.0458. The number of hydrogen-bond acceptors (Lipinski definition) is 8. The van der Waals surface area contributed by atoms with Crippen LogP contribution in [0.4, 0.5) is 22.7 Å². The first kappa shape index (κ1) is 46.3. The summed E-state index contributed by atoms with van der Waals surface area (Å²) < 4.78 is 27.8. The van der Waals surface area contributed by atoms with Crippen molar-refractivity contribution in [3.8, 4) is 23.0 Å². The van der Waals surface area contributed by atoms with E-state index in [4.69, 9.17) is 18.9 Å². The van der Waals surface area contributed by atoms with Crippen molar-refractivity contribution in [1.82, 2.24) is 0 Å². The summed E-state index contributed by atoms with van der Waals surface area (Å²) in [7, 11) is 8.04. The molecule has 0 aliphatic heterocycles. The molecule has 0 amide bonds. The molecule has 0 radical (unpaired) electrons. The monoisotopic (exact) mass is 821 g/mol. The molecule has 0 saturated heterocycles. The standard InChI is InChI=1S/C52H76N4O4/c1-9-13-17-21-57-49-37-25-39-31-46(54-6)33-41(50(39)58-22-18-14-10-2)27-43-35-48(56-8)36-44(52(43)60-24-20-16-12-4)28-42-34-47(55-7)32-40(51(42)59-23-19-15-11-3)26-38(49)30-45(29-37)53-5/h29-36,53-56H,9-28H2,1-8H3. The van der Waals surface area contributed by atoms with Gasteiger partial charge in [-0.3, -0.25) is 0 Å². The van der Waals surface area contributed by atoms with Gasteiger partial charge >= 0.3 is 0 Å². The minimum Gasteiger partial charge on any atom is -0.493 e. The molecule has 8 heteroatoms. The summed E-state index contributed by atoms with van der Waals surface area (Å²) in [4.78, 5) is 0. The van der Waals surface area contributed by atoms with Crippen molar-refractivity contribution in [2.45, 2.75) is 130 Å². The Kier molecular flexibility index (Phi) is 18.9. The van der Waals surface area contributed by atoms with Crippen molar-refractivity contribution < 1.29 is 18.9 Å². The van der Waals surface area contributed by atoms with Crippen molar-refractivity contribution in [2.24, 2.45) is 0 Å². The van der Waals surface area contributed by atoms with Gasteiger partial charge < -0.3 is 40.2 Å². The lowest BCUT2D eigenvalue weighted by Gasteiger charge is -2.25. The number of nitrogens with one attached hydrogen (secondary N) is 4. The summed E-state index contributed by atoms with van der Waals surface area (Å²) >= 11 is 0. The van der Waals surface area contributed by atoms with E-state index in [2.05, 4.69) is 97.5 Å². The first-order valence-corrected chi connectivity index (χ1v) is 23.2. The molecule has 0 atom stereocenters. The molecule has 0 unspecified atom stereocenters. The van der Waals surface area contributed by atoms with Crippen molar-refractivity contribution in [3.63, 3.8) is 0 Å². The minimum absolute atomic E-state index is 0.654. The zero-order valence-electron chi connectivity index (χ0n) is 38.4. The van der Waals surface area contributed by atoms with Crippen molar-refractivity contribution in [2.75, 3.05) is 75.9 Å². The topological polar surface area (TPSA) is 85.0 Å². The summed E-state index contributed by atoms with van der Waals surface area (Å²) in [6, 6.07) is 18.2. The van der Waals surface area contributed by atoms with Crippen LogP contribution in [0.5, 0.6) is 23.0 Å². The highest BCUT2D eigenvalue weighted by Crippen LogP contribution is 2.42. The second-order valence-electron chi connectivity index (χ2n) is 16.4. The van der Waals surface area contributed by atoms with Gasteiger partial charge in [0.25, 0.3) is 0 Å². The van der Waals surface area contributed by atoms with Crippen molar-refractivity contribution in [3.05, 3.63) is 93.0 Å². The van der Waals surface area contributed by atoms with Crippen molar-refractivity contribution >= 4 is 22.7 Å². The van der Waals surface area contributed by atoms with Crippen LogP contribution in [0.25, 0.3) is 0 Å². The second kappa shape index (κ2) is 24.5. The molecule has 4 aromatic carbocycles. The molecular weight excluding hydrogens is 745 g/mol. The zero-order chi connectivity index (χ0) is 42.7. The summed E-state index contributed by atoms with van der Waals surface area (Å²) in [5.74, 6) is 3.85. The van der Waals surface area contributed by atoms with Gasteiger partial charge in [0.2, 0.25) is 0 Å². The number of fused-ring (bicyclic) bond motifs is 8. The Morgan fingerprint density at radius 3 is 0.650 bits per heavy atom. The molecule has 0 heterocycles. The van der Waals surface area contributed by atoms with E-state index >= 15 is 0 Å². The number of unbranched alkanes of at least 4 members (excludes halogenated alkanes) is 8. The summed E-state index contributed by atoms with van der Waals surface area (Å²) in [6.07, 6.45) is 15.7. The molecule has 0 spiro atoms. The lowest BCUT2D eigenvalue weighted by atomic mass is 9.90. The van der Waals surface area contributed by atoms with Crippen LogP contribution in [-0.2, 0) is 25.7 Å². The molecule has 4 N–H and O–H groups in total. The van der Waals surface area contributed by atoms with Gasteiger partial charge in [0.05, 0.1) is 26.4 Å². The molecular formula is C52H76N4O4. The molecule has 5 rings (SSSR count). The summed E-state index contributed by atoms with van der Waals surface area (Å²) in [5.41, 5.74) is 13.4. The fourth-order valence-corrected chi connectivity index (χ4v) is 8.31. The van der Waals surface area contributed by atoms with Crippen LogP contribution >= 0.6 is 0 Å². The first-order valence-electron chi connectivity index (χ1n) is 23.2. The van der Waals surface area contributed by atoms with Gasteiger partial charge in [-0.25, -0.2) is 0 Å². The van der Waals surface area contributed by atoms with Gasteiger partial charge in [0, 0.05) is 121 Å². The van der Waals surface area contributed by atoms with Gasteiger partial charge in [-0.05, 0) is 74.2 Å². The Balaban J connectivity index is 1.84. The van der Waals surface area contributed by atoms with Gasteiger partial charge in [-0.1, -0.05) is 79.1 Å². The number of benzene rings is 4. The van der Waals surface area contributed by atoms with E-state index in [9.17, 15) is 0 Å². The molecule has 328 valence electrons. The average molecular weight is 821 g/mol. The maximum atomic E-state index is 6.94. The Labute approximate surface area is 362 Å². The summed E-state index contributed by atoms with van der Waals surface area (Å²) in [6.45, 7) is 11.6. The number of rotatable bonds is 24.